The van der Waals surface area contributed by atoms with Crippen molar-refractivity contribution in [2.24, 2.45) is 5.92 Å². The minimum atomic E-state index is 0.139. The van der Waals surface area contributed by atoms with E-state index in [1.54, 1.807) is 6.26 Å². The van der Waals surface area contributed by atoms with Gasteiger partial charge < -0.3 is 9.73 Å². The molecule has 0 amide bonds. The maximum absolute atomic E-state index is 8.66. The molecule has 1 aromatic rings. The Morgan fingerprint density at radius 1 is 1.67 bits per heavy atom. The molecule has 2 rings (SSSR count). The van der Waals surface area contributed by atoms with Gasteiger partial charge in [0.15, 0.2) is 0 Å². The second-order valence-corrected chi connectivity index (χ2v) is 3.04. The van der Waals surface area contributed by atoms with E-state index >= 15 is 0 Å². The van der Waals surface area contributed by atoms with Crippen LogP contribution in [0.4, 0.5) is 0 Å². The number of nitrogens with one attached hydrogen (secondary N) is 1. The molecule has 1 aromatic heterocycles. The van der Waals surface area contributed by atoms with Crippen LogP contribution in [0.2, 0.25) is 0 Å². The average molecular weight is 162 g/mol. The van der Waals surface area contributed by atoms with Crippen LogP contribution in [-0.2, 0) is 0 Å². The first kappa shape index (κ1) is 7.38. The molecule has 1 saturated heterocycles. The number of furan rings is 1. The topological polar surface area (TPSA) is 49.0 Å². The lowest BCUT2D eigenvalue weighted by atomic mass is 10.1. The van der Waals surface area contributed by atoms with E-state index in [0.717, 1.165) is 18.7 Å². The highest BCUT2D eigenvalue weighted by atomic mass is 16.3. The van der Waals surface area contributed by atoms with Crippen molar-refractivity contribution >= 4 is 0 Å². The van der Waals surface area contributed by atoms with Crippen molar-refractivity contribution in [2.45, 2.75) is 12.5 Å². The van der Waals surface area contributed by atoms with Crippen molar-refractivity contribution in [3.8, 4) is 6.07 Å². The van der Waals surface area contributed by atoms with Crippen molar-refractivity contribution in [1.82, 2.24) is 5.32 Å². The molecular weight excluding hydrogens is 152 g/mol. The maximum atomic E-state index is 8.66. The zero-order valence-corrected chi connectivity index (χ0v) is 6.66. The van der Waals surface area contributed by atoms with E-state index in [2.05, 4.69) is 11.4 Å². The molecule has 3 nitrogen and oxygen atoms in total. The molecule has 2 atom stereocenters. The SMILES string of the molecule is N#CC1CNC(c2ccco2)C1. The number of rotatable bonds is 1. The Kier molecular flexibility index (Phi) is 1.84. The molecule has 1 aliphatic heterocycles. The summed E-state index contributed by atoms with van der Waals surface area (Å²) in [5.41, 5.74) is 0. The van der Waals surface area contributed by atoms with Gasteiger partial charge in [-0.25, -0.2) is 0 Å². The fourth-order valence-electron chi connectivity index (χ4n) is 1.54. The highest BCUT2D eigenvalue weighted by Crippen LogP contribution is 2.26. The zero-order valence-electron chi connectivity index (χ0n) is 6.66. The first-order valence-corrected chi connectivity index (χ1v) is 4.06. The number of hydrogen-bond acceptors (Lipinski definition) is 3. The molecule has 1 N–H and O–H groups in total. The standard InChI is InChI=1S/C9H10N2O/c10-5-7-4-8(11-6-7)9-2-1-3-12-9/h1-3,7-8,11H,4,6H2. The van der Waals surface area contributed by atoms with Crippen LogP contribution in [0.25, 0.3) is 0 Å². The van der Waals surface area contributed by atoms with Crippen LogP contribution < -0.4 is 5.32 Å². The smallest absolute Gasteiger partial charge is 0.120 e. The van der Waals surface area contributed by atoms with E-state index in [1.807, 2.05) is 12.1 Å². The highest BCUT2D eigenvalue weighted by Gasteiger charge is 2.26. The third kappa shape index (κ3) is 1.21. The lowest BCUT2D eigenvalue weighted by molar-refractivity contribution is 0.443. The number of nitriles is 1. The second kappa shape index (κ2) is 3.00. The van der Waals surface area contributed by atoms with Crippen LogP contribution in [0, 0.1) is 17.2 Å². The Morgan fingerprint density at radius 2 is 2.58 bits per heavy atom. The van der Waals surface area contributed by atoms with E-state index in [9.17, 15) is 0 Å². The molecule has 0 radical (unpaired) electrons. The normalized spacial score (nSPS) is 28.6. The monoisotopic (exact) mass is 162 g/mol. The van der Waals surface area contributed by atoms with Crippen molar-refractivity contribution in [3.05, 3.63) is 24.2 Å². The van der Waals surface area contributed by atoms with Gasteiger partial charge in [-0.15, -0.1) is 0 Å². The van der Waals surface area contributed by atoms with Gasteiger partial charge in [-0.3, -0.25) is 0 Å². The van der Waals surface area contributed by atoms with Gasteiger partial charge >= 0.3 is 0 Å². The van der Waals surface area contributed by atoms with Gasteiger partial charge in [-0.2, -0.15) is 5.26 Å². The summed E-state index contributed by atoms with van der Waals surface area (Å²) < 4.78 is 5.24. The number of nitrogens with zero attached hydrogens (tertiary/aromatic N) is 1. The van der Waals surface area contributed by atoms with Crippen LogP contribution in [-0.4, -0.2) is 6.54 Å². The summed E-state index contributed by atoms with van der Waals surface area (Å²) in [6.45, 7) is 0.780. The minimum absolute atomic E-state index is 0.139. The lowest BCUT2D eigenvalue weighted by Gasteiger charge is -2.04. The summed E-state index contributed by atoms with van der Waals surface area (Å²) in [5.74, 6) is 1.08. The second-order valence-electron chi connectivity index (χ2n) is 3.04. The Balaban J connectivity index is 2.06. The summed E-state index contributed by atoms with van der Waals surface area (Å²) in [5, 5.41) is 11.9. The first-order chi connectivity index (χ1) is 5.90. The highest BCUT2D eigenvalue weighted by molar-refractivity contribution is 5.08. The molecule has 1 aliphatic rings. The zero-order chi connectivity index (χ0) is 8.39. The van der Waals surface area contributed by atoms with E-state index in [1.165, 1.54) is 0 Å². The van der Waals surface area contributed by atoms with Crippen LogP contribution in [0.3, 0.4) is 0 Å². The van der Waals surface area contributed by atoms with Gasteiger partial charge in [0.25, 0.3) is 0 Å². The van der Waals surface area contributed by atoms with Crippen LogP contribution in [0.15, 0.2) is 22.8 Å². The van der Waals surface area contributed by atoms with Gasteiger partial charge in [0.05, 0.1) is 24.3 Å². The van der Waals surface area contributed by atoms with Gasteiger partial charge in [0, 0.05) is 6.54 Å². The van der Waals surface area contributed by atoms with Crippen LogP contribution >= 0.6 is 0 Å². The molecular formula is C9H10N2O. The molecule has 62 valence electrons. The van der Waals surface area contributed by atoms with E-state index in [-0.39, 0.29) is 12.0 Å². The van der Waals surface area contributed by atoms with Gasteiger partial charge in [0.1, 0.15) is 5.76 Å². The quantitative estimate of drug-likeness (QED) is 0.680. The van der Waals surface area contributed by atoms with Crippen molar-refractivity contribution in [1.29, 1.82) is 5.26 Å². The molecule has 2 heterocycles. The Labute approximate surface area is 71.0 Å². The molecule has 0 bridgehead atoms. The molecule has 0 aliphatic carbocycles. The Morgan fingerprint density at radius 3 is 3.17 bits per heavy atom. The lowest BCUT2D eigenvalue weighted by Crippen LogP contribution is -2.12. The van der Waals surface area contributed by atoms with E-state index in [0.29, 0.717) is 0 Å². The molecule has 2 unspecified atom stereocenters. The van der Waals surface area contributed by atoms with E-state index < -0.39 is 0 Å². The molecule has 12 heavy (non-hydrogen) atoms. The van der Waals surface area contributed by atoms with Crippen molar-refractivity contribution in [2.75, 3.05) is 6.54 Å². The predicted octanol–water partition coefficient (Wildman–Crippen LogP) is 1.45. The summed E-state index contributed by atoms with van der Waals surface area (Å²) in [7, 11) is 0. The summed E-state index contributed by atoms with van der Waals surface area (Å²) in [4.78, 5) is 0. The predicted molar refractivity (Wildman–Crippen MR) is 43.2 cm³/mol. The molecule has 0 spiro atoms. The fraction of sp³-hybridized carbons (Fsp3) is 0.444. The Bertz CT molecular complexity index is 286. The first-order valence-electron chi connectivity index (χ1n) is 4.06. The minimum Gasteiger partial charge on any atom is -0.468 e. The van der Waals surface area contributed by atoms with Crippen LogP contribution in [0.1, 0.15) is 18.2 Å². The maximum Gasteiger partial charge on any atom is 0.120 e. The van der Waals surface area contributed by atoms with Crippen LogP contribution in [0.5, 0.6) is 0 Å². The third-order valence-electron chi connectivity index (χ3n) is 2.20. The third-order valence-corrected chi connectivity index (χ3v) is 2.20. The average Bonchev–Trinajstić information content (AvgIpc) is 2.75. The Hall–Kier alpha value is -1.27. The van der Waals surface area contributed by atoms with Gasteiger partial charge in [0.2, 0.25) is 0 Å². The summed E-state index contributed by atoms with van der Waals surface area (Å²) in [6.07, 6.45) is 2.53. The molecule has 1 fully saturated rings. The fourth-order valence-corrected chi connectivity index (χ4v) is 1.54. The molecule has 0 saturated carbocycles. The summed E-state index contributed by atoms with van der Waals surface area (Å²) >= 11 is 0. The van der Waals surface area contributed by atoms with Gasteiger partial charge in [-0.05, 0) is 18.6 Å². The molecule has 3 heteroatoms. The van der Waals surface area contributed by atoms with Gasteiger partial charge in [-0.1, -0.05) is 0 Å². The van der Waals surface area contributed by atoms with Crippen molar-refractivity contribution < 1.29 is 4.42 Å². The van der Waals surface area contributed by atoms with E-state index in [4.69, 9.17) is 9.68 Å². The molecule has 0 aromatic carbocycles. The number of hydrogen-bond donors (Lipinski definition) is 1. The van der Waals surface area contributed by atoms with Crippen molar-refractivity contribution in [3.63, 3.8) is 0 Å². The summed E-state index contributed by atoms with van der Waals surface area (Å²) in [6, 6.07) is 6.31. The largest absolute Gasteiger partial charge is 0.468 e.